The number of benzene rings is 1. The lowest BCUT2D eigenvalue weighted by Crippen LogP contribution is -2.00. The summed E-state index contributed by atoms with van der Waals surface area (Å²) >= 11 is -0.111. The molecule has 0 fully saturated rings. The van der Waals surface area contributed by atoms with Gasteiger partial charge in [-0.05, 0) is 30.3 Å². The number of alkyl halides is 3. The lowest BCUT2D eigenvalue weighted by Gasteiger charge is -2.06. The summed E-state index contributed by atoms with van der Waals surface area (Å²) in [5, 5.41) is 0. The number of halogens is 3. The van der Waals surface area contributed by atoms with Crippen LogP contribution >= 0.6 is 11.8 Å². The molecule has 0 aromatic heterocycles. The highest BCUT2D eigenvalue weighted by atomic mass is 32.2. The van der Waals surface area contributed by atoms with Gasteiger partial charge in [-0.1, -0.05) is 37.3 Å². The summed E-state index contributed by atoms with van der Waals surface area (Å²) in [6.07, 6.45) is 2.73. The summed E-state index contributed by atoms with van der Waals surface area (Å²) in [4.78, 5) is 0.170. The molecular weight excluding hydrogens is 245 g/mol. The van der Waals surface area contributed by atoms with Gasteiger partial charge in [-0.3, -0.25) is 0 Å². The lowest BCUT2D eigenvalue weighted by molar-refractivity contribution is -0.0328. The predicted molar refractivity (Wildman–Crippen MR) is 64.8 cm³/mol. The molecule has 0 spiro atoms. The van der Waals surface area contributed by atoms with Crippen LogP contribution < -0.4 is 0 Å². The molecule has 0 saturated carbocycles. The van der Waals surface area contributed by atoms with E-state index in [1.165, 1.54) is 6.07 Å². The first-order valence-electron chi connectivity index (χ1n) is 5.36. The van der Waals surface area contributed by atoms with Crippen molar-refractivity contribution in [3.05, 3.63) is 29.8 Å². The van der Waals surface area contributed by atoms with E-state index in [0.29, 0.717) is 5.56 Å². The maximum absolute atomic E-state index is 12.3. The van der Waals surface area contributed by atoms with Crippen LogP contribution in [0.3, 0.4) is 0 Å². The van der Waals surface area contributed by atoms with Crippen molar-refractivity contribution < 1.29 is 13.2 Å². The molecule has 0 atom stereocenters. The molecule has 0 amide bonds. The molecule has 1 rings (SSSR count). The molecule has 0 nitrogen and oxygen atoms in total. The van der Waals surface area contributed by atoms with Crippen LogP contribution in [0.2, 0.25) is 0 Å². The molecule has 0 aliphatic rings. The van der Waals surface area contributed by atoms with Crippen LogP contribution in [0.4, 0.5) is 13.2 Å². The highest BCUT2D eigenvalue weighted by Crippen LogP contribution is 2.38. The van der Waals surface area contributed by atoms with Gasteiger partial charge in [-0.2, -0.15) is 13.2 Å². The second-order valence-electron chi connectivity index (χ2n) is 3.45. The van der Waals surface area contributed by atoms with Crippen molar-refractivity contribution in [2.75, 3.05) is 0 Å². The van der Waals surface area contributed by atoms with Gasteiger partial charge in [0.05, 0.1) is 0 Å². The molecular formula is C13H13F3S. The largest absolute Gasteiger partial charge is 0.446 e. The molecule has 0 saturated heterocycles. The quantitative estimate of drug-likeness (QED) is 0.424. The Bertz CT molecular complexity index is 413. The van der Waals surface area contributed by atoms with Crippen molar-refractivity contribution in [3.63, 3.8) is 0 Å². The fraction of sp³-hybridized carbons (Fsp3) is 0.385. The van der Waals surface area contributed by atoms with Crippen LogP contribution in [-0.2, 0) is 0 Å². The number of hydrogen-bond acceptors (Lipinski definition) is 1. The molecule has 1 aromatic carbocycles. The van der Waals surface area contributed by atoms with Gasteiger partial charge < -0.3 is 0 Å². The molecule has 0 aliphatic heterocycles. The minimum absolute atomic E-state index is 0.111. The van der Waals surface area contributed by atoms with E-state index >= 15 is 0 Å². The first-order valence-corrected chi connectivity index (χ1v) is 6.18. The van der Waals surface area contributed by atoms with Gasteiger partial charge >= 0.3 is 5.51 Å². The van der Waals surface area contributed by atoms with E-state index in [2.05, 4.69) is 18.8 Å². The number of unbranched alkanes of at least 4 members (excludes halogenated alkanes) is 2. The van der Waals surface area contributed by atoms with Gasteiger partial charge in [0, 0.05) is 16.9 Å². The van der Waals surface area contributed by atoms with Crippen LogP contribution in [-0.4, -0.2) is 5.51 Å². The Hall–Kier alpha value is -1.08. The van der Waals surface area contributed by atoms with E-state index < -0.39 is 5.51 Å². The van der Waals surface area contributed by atoms with Crippen LogP contribution in [0, 0.1) is 11.8 Å². The topological polar surface area (TPSA) is 0 Å². The van der Waals surface area contributed by atoms with Gasteiger partial charge in [0.15, 0.2) is 0 Å². The van der Waals surface area contributed by atoms with Crippen LogP contribution in [0.25, 0.3) is 0 Å². The zero-order chi connectivity index (χ0) is 12.7. The molecule has 1 aromatic rings. The third-order valence-corrected chi connectivity index (χ3v) is 2.80. The standard InChI is InChI=1S/C13H13F3S/c1-2-3-4-5-8-11-9-6-7-10-12(11)17-13(14,15)16/h6-7,9-10H,2-4H2,1H3. The Morgan fingerprint density at radius 3 is 2.59 bits per heavy atom. The third kappa shape index (κ3) is 5.69. The molecule has 0 N–H and O–H groups in total. The van der Waals surface area contributed by atoms with Gasteiger partial charge in [0.25, 0.3) is 0 Å². The average molecular weight is 258 g/mol. The molecule has 0 aliphatic carbocycles. The first-order chi connectivity index (χ1) is 8.03. The van der Waals surface area contributed by atoms with Crippen molar-refractivity contribution in [2.45, 2.75) is 36.6 Å². The number of hydrogen-bond donors (Lipinski definition) is 0. The second-order valence-corrected chi connectivity index (χ2v) is 4.56. The Morgan fingerprint density at radius 2 is 1.94 bits per heavy atom. The van der Waals surface area contributed by atoms with Gasteiger partial charge in [0.1, 0.15) is 0 Å². The van der Waals surface area contributed by atoms with Crippen molar-refractivity contribution >= 4 is 11.8 Å². The van der Waals surface area contributed by atoms with Crippen molar-refractivity contribution in [1.29, 1.82) is 0 Å². The third-order valence-electron chi connectivity index (χ3n) is 1.99. The molecule has 0 unspecified atom stereocenters. The maximum Gasteiger partial charge on any atom is 0.446 e. The van der Waals surface area contributed by atoms with Crippen LogP contribution in [0.5, 0.6) is 0 Å². The highest BCUT2D eigenvalue weighted by molar-refractivity contribution is 8.00. The van der Waals surface area contributed by atoms with E-state index in [1.807, 2.05) is 0 Å². The van der Waals surface area contributed by atoms with E-state index in [9.17, 15) is 13.2 Å². The average Bonchev–Trinajstić information content (AvgIpc) is 2.24. The molecule has 92 valence electrons. The maximum atomic E-state index is 12.3. The van der Waals surface area contributed by atoms with E-state index in [1.54, 1.807) is 18.2 Å². The van der Waals surface area contributed by atoms with Crippen LogP contribution in [0.15, 0.2) is 29.2 Å². The molecule has 17 heavy (non-hydrogen) atoms. The minimum Gasteiger partial charge on any atom is -0.160 e. The first kappa shape index (κ1) is 14.0. The SMILES string of the molecule is CCCCC#Cc1ccccc1SC(F)(F)F. The van der Waals surface area contributed by atoms with Gasteiger partial charge in [0.2, 0.25) is 0 Å². The zero-order valence-corrected chi connectivity index (χ0v) is 10.3. The second kappa shape index (κ2) is 6.61. The molecule has 0 heterocycles. The van der Waals surface area contributed by atoms with Gasteiger partial charge in [-0.25, -0.2) is 0 Å². The smallest absolute Gasteiger partial charge is 0.160 e. The van der Waals surface area contributed by atoms with Crippen molar-refractivity contribution in [2.24, 2.45) is 0 Å². The summed E-state index contributed by atoms with van der Waals surface area (Å²) in [6, 6.07) is 6.35. The summed E-state index contributed by atoms with van der Waals surface area (Å²) in [5.41, 5.74) is -3.81. The summed E-state index contributed by atoms with van der Waals surface area (Å²) in [5.74, 6) is 5.70. The Morgan fingerprint density at radius 1 is 1.24 bits per heavy atom. The van der Waals surface area contributed by atoms with Crippen LogP contribution in [0.1, 0.15) is 31.7 Å². The Kier molecular flexibility index (Phi) is 5.43. The Labute approximate surface area is 104 Å². The zero-order valence-electron chi connectivity index (χ0n) is 9.47. The van der Waals surface area contributed by atoms with Crippen molar-refractivity contribution in [3.8, 4) is 11.8 Å². The predicted octanol–water partition coefficient (Wildman–Crippen LogP) is 4.84. The molecule has 4 heteroatoms. The fourth-order valence-electron chi connectivity index (χ4n) is 1.21. The van der Waals surface area contributed by atoms with Gasteiger partial charge in [-0.15, -0.1) is 0 Å². The highest BCUT2D eigenvalue weighted by Gasteiger charge is 2.29. The van der Waals surface area contributed by atoms with E-state index in [0.717, 1.165) is 19.3 Å². The Balaban J connectivity index is 2.80. The molecule has 0 radical (unpaired) electrons. The summed E-state index contributed by atoms with van der Waals surface area (Å²) in [7, 11) is 0. The summed E-state index contributed by atoms with van der Waals surface area (Å²) in [6.45, 7) is 2.05. The molecule has 0 bridgehead atoms. The number of rotatable bonds is 3. The fourth-order valence-corrected chi connectivity index (χ4v) is 1.83. The minimum atomic E-state index is -4.26. The normalized spacial score (nSPS) is 10.8. The van der Waals surface area contributed by atoms with E-state index in [4.69, 9.17) is 0 Å². The lowest BCUT2D eigenvalue weighted by atomic mass is 10.2. The monoisotopic (exact) mass is 258 g/mol. The van der Waals surface area contributed by atoms with E-state index in [-0.39, 0.29) is 16.7 Å². The number of thioether (sulfide) groups is 1. The summed E-state index contributed by atoms with van der Waals surface area (Å²) < 4.78 is 36.8. The van der Waals surface area contributed by atoms with Crippen molar-refractivity contribution in [1.82, 2.24) is 0 Å².